The van der Waals surface area contributed by atoms with Crippen LogP contribution in [0.1, 0.15) is 0 Å². The molecule has 0 aromatic rings. The minimum absolute atomic E-state index is 1.05. The largest absolute Gasteiger partial charge is 0.332 e. The van der Waals surface area contributed by atoms with Gasteiger partial charge in [-0.3, -0.25) is 4.99 Å². The summed E-state index contributed by atoms with van der Waals surface area (Å²) < 4.78 is 3.05. The molecule has 0 spiro atoms. The fourth-order valence-corrected chi connectivity index (χ4v) is 1.45. The molecule has 0 saturated carbocycles. The predicted molar refractivity (Wildman–Crippen MR) is 44.5 cm³/mol. The van der Waals surface area contributed by atoms with Crippen molar-refractivity contribution in [1.29, 1.82) is 0 Å². The van der Waals surface area contributed by atoms with Gasteiger partial charge in [-0.2, -0.15) is 0 Å². The third-order valence-corrected chi connectivity index (χ3v) is 2.10. The topological polar surface area (TPSA) is 24.4 Å². The van der Waals surface area contributed by atoms with E-state index in [2.05, 4.69) is 9.71 Å². The third kappa shape index (κ3) is 0.885. The third-order valence-electron chi connectivity index (χ3n) is 1.28. The van der Waals surface area contributed by atoms with Crippen LogP contribution >= 0.6 is 11.9 Å². The average molecular weight is 150 g/mol. The van der Waals surface area contributed by atoms with E-state index in [9.17, 15) is 0 Å². The van der Waals surface area contributed by atoms with E-state index < -0.39 is 0 Å². The van der Waals surface area contributed by atoms with Crippen LogP contribution in [0.3, 0.4) is 0 Å². The first kappa shape index (κ1) is 5.80. The number of aliphatic imine (C=N–C) groups is 1. The van der Waals surface area contributed by atoms with Crippen LogP contribution < -0.4 is 4.72 Å². The molecule has 2 heterocycles. The van der Waals surface area contributed by atoms with E-state index in [1.54, 1.807) is 11.9 Å². The van der Waals surface area contributed by atoms with Gasteiger partial charge in [0.05, 0.1) is 10.6 Å². The number of nitrogens with zero attached hydrogens (tertiary/aromatic N) is 1. The van der Waals surface area contributed by atoms with Crippen LogP contribution in [0.5, 0.6) is 0 Å². The first-order chi connectivity index (χ1) is 4.97. The smallest absolute Gasteiger partial charge is 0.0784 e. The second kappa shape index (κ2) is 2.34. The molecule has 0 saturated heterocycles. The first-order valence-electron chi connectivity index (χ1n) is 3.01. The summed E-state index contributed by atoms with van der Waals surface area (Å²) in [5, 5.41) is 0. The zero-order valence-electron chi connectivity index (χ0n) is 5.24. The number of hydrogen-bond acceptors (Lipinski definition) is 3. The van der Waals surface area contributed by atoms with E-state index in [-0.39, 0.29) is 0 Å². The summed E-state index contributed by atoms with van der Waals surface area (Å²) in [5.41, 5.74) is 1.05. The van der Waals surface area contributed by atoms with Gasteiger partial charge < -0.3 is 4.72 Å². The fraction of sp³-hybridized carbons (Fsp3) is 0. The summed E-state index contributed by atoms with van der Waals surface area (Å²) >= 11 is 1.59. The Morgan fingerprint density at radius 1 is 1.40 bits per heavy atom. The Hall–Kier alpha value is -0.960. The molecule has 0 aromatic carbocycles. The number of nitrogens with one attached hydrogen (secondary N) is 1. The van der Waals surface area contributed by atoms with Gasteiger partial charge in [0.15, 0.2) is 0 Å². The summed E-state index contributed by atoms with van der Waals surface area (Å²) in [7, 11) is 0. The predicted octanol–water partition coefficient (Wildman–Crippen LogP) is 1.60. The van der Waals surface area contributed by atoms with Gasteiger partial charge in [-0.15, -0.1) is 0 Å². The lowest BCUT2D eigenvalue weighted by Crippen LogP contribution is -1.88. The molecule has 0 fully saturated rings. The van der Waals surface area contributed by atoms with Gasteiger partial charge in [0, 0.05) is 12.4 Å². The molecule has 2 nitrogen and oxygen atoms in total. The molecule has 0 amide bonds. The normalized spacial score (nSPS) is 20.8. The summed E-state index contributed by atoms with van der Waals surface area (Å²) in [5.74, 6) is 0. The van der Waals surface area contributed by atoms with Crippen LogP contribution in [-0.4, -0.2) is 6.21 Å². The highest BCUT2D eigenvalue weighted by atomic mass is 32.2. The first-order valence-corrected chi connectivity index (χ1v) is 3.82. The van der Waals surface area contributed by atoms with Gasteiger partial charge in [0.25, 0.3) is 0 Å². The fourth-order valence-electron chi connectivity index (χ4n) is 0.822. The van der Waals surface area contributed by atoms with Crippen molar-refractivity contribution in [1.82, 2.24) is 4.72 Å². The van der Waals surface area contributed by atoms with Crippen LogP contribution in [0, 0.1) is 0 Å². The van der Waals surface area contributed by atoms with Crippen LogP contribution in [-0.2, 0) is 0 Å². The van der Waals surface area contributed by atoms with E-state index in [4.69, 9.17) is 0 Å². The van der Waals surface area contributed by atoms with Crippen LogP contribution in [0.4, 0.5) is 0 Å². The van der Waals surface area contributed by atoms with E-state index in [0.717, 1.165) is 5.70 Å². The molecule has 2 aliphatic rings. The lowest BCUT2D eigenvalue weighted by atomic mass is 10.4. The van der Waals surface area contributed by atoms with Crippen molar-refractivity contribution >= 4 is 18.2 Å². The molecule has 0 bridgehead atoms. The van der Waals surface area contributed by atoms with E-state index in [0.29, 0.717) is 0 Å². The zero-order valence-corrected chi connectivity index (χ0v) is 6.06. The van der Waals surface area contributed by atoms with Crippen LogP contribution in [0.25, 0.3) is 0 Å². The van der Waals surface area contributed by atoms with E-state index >= 15 is 0 Å². The highest BCUT2D eigenvalue weighted by molar-refractivity contribution is 8.01. The molecule has 0 unspecified atom stereocenters. The Kier molecular flexibility index (Phi) is 1.36. The minimum Gasteiger partial charge on any atom is -0.332 e. The summed E-state index contributed by atoms with van der Waals surface area (Å²) in [4.78, 5) is 5.33. The van der Waals surface area contributed by atoms with Crippen LogP contribution in [0.2, 0.25) is 0 Å². The molecule has 10 heavy (non-hydrogen) atoms. The molecule has 0 aromatic heterocycles. The molecule has 2 rings (SSSR count). The molecule has 1 N–H and O–H groups in total. The SMILES string of the molecule is C1=CNSC2=CC=NC2=C1. The number of fused-ring (bicyclic) bond motifs is 1. The van der Waals surface area contributed by atoms with Gasteiger partial charge in [-0.25, -0.2) is 0 Å². The van der Waals surface area contributed by atoms with Crippen LogP contribution in [0.15, 0.2) is 40.0 Å². The molecule has 3 heteroatoms. The van der Waals surface area contributed by atoms with E-state index in [1.807, 2.05) is 30.6 Å². The van der Waals surface area contributed by atoms with Crippen molar-refractivity contribution in [2.75, 3.05) is 0 Å². The summed E-state index contributed by atoms with van der Waals surface area (Å²) in [6.45, 7) is 0. The van der Waals surface area contributed by atoms with Crippen molar-refractivity contribution in [3.05, 3.63) is 35.0 Å². The maximum absolute atomic E-state index is 4.15. The van der Waals surface area contributed by atoms with Gasteiger partial charge in [0.1, 0.15) is 0 Å². The molecule has 50 valence electrons. The highest BCUT2D eigenvalue weighted by Gasteiger charge is 2.08. The lowest BCUT2D eigenvalue weighted by molar-refractivity contribution is 1.43. The molecule has 0 aliphatic carbocycles. The van der Waals surface area contributed by atoms with Crippen molar-refractivity contribution in [2.24, 2.45) is 4.99 Å². The van der Waals surface area contributed by atoms with Crippen molar-refractivity contribution in [2.45, 2.75) is 0 Å². The second-order valence-corrected chi connectivity index (χ2v) is 2.82. The minimum atomic E-state index is 1.05. The maximum Gasteiger partial charge on any atom is 0.0784 e. The maximum atomic E-state index is 4.15. The lowest BCUT2D eigenvalue weighted by Gasteiger charge is -1.97. The summed E-state index contributed by atoms with van der Waals surface area (Å²) in [6.07, 6.45) is 9.64. The Balaban J connectivity index is 2.36. The molecular weight excluding hydrogens is 144 g/mol. The molecule has 0 atom stereocenters. The Bertz CT molecular complexity index is 261. The van der Waals surface area contributed by atoms with E-state index in [1.165, 1.54) is 4.91 Å². The second-order valence-electron chi connectivity index (χ2n) is 1.94. The number of allylic oxidation sites excluding steroid dienone is 3. The van der Waals surface area contributed by atoms with Crippen molar-refractivity contribution < 1.29 is 0 Å². The summed E-state index contributed by atoms with van der Waals surface area (Å²) in [6, 6.07) is 0. The van der Waals surface area contributed by atoms with Gasteiger partial charge in [-0.1, -0.05) is 0 Å². The van der Waals surface area contributed by atoms with Crippen molar-refractivity contribution in [3.63, 3.8) is 0 Å². The molecule has 0 radical (unpaired) electrons. The monoisotopic (exact) mass is 150 g/mol. The Labute approximate surface area is 63.6 Å². The highest BCUT2D eigenvalue weighted by Crippen LogP contribution is 2.26. The Morgan fingerprint density at radius 3 is 3.40 bits per heavy atom. The average Bonchev–Trinajstić information content (AvgIpc) is 2.28. The Morgan fingerprint density at radius 2 is 2.40 bits per heavy atom. The van der Waals surface area contributed by atoms with Gasteiger partial charge >= 0.3 is 0 Å². The van der Waals surface area contributed by atoms with Crippen molar-refractivity contribution in [3.8, 4) is 0 Å². The number of hydrogen-bond donors (Lipinski definition) is 1. The van der Waals surface area contributed by atoms with Gasteiger partial charge in [-0.05, 0) is 30.2 Å². The standard InChI is InChI=1S/C7H6N2S/c1-2-6-7(3-5-8-6)10-9-4-1/h1-5,9H. The molecule has 2 aliphatic heterocycles. The number of rotatable bonds is 0. The van der Waals surface area contributed by atoms with Gasteiger partial charge in [0.2, 0.25) is 0 Å². The molecular formula is C7H6N2S. The quantitative estimate of drug-likeness (QED) is 0.530. The zero-order chi connectivity index (χ0) is 6.81.